The average molecular weight is 1320 g/mol. The molecular formula is C60H54F12O12S4. The standard InChI is InChI=1S/C60H54F12O12S4/c1-53(2,3)31-13-21-47(81-85(73,74)57(61,62)63)43(25-31)39-29-40(44-26-32(54(4,5)6)14-22-48(44)82-86(75,76)58(64,65)66)36-19-20-38-42(46-28-34(56(10,11)12)16-24-50(46)84-88(79,80)60(70,71)72)30-41(37-18-17-35(39)51(36)52(37)38)45-27-33(55(7,8)9)15-23-49(45)83-87(77,78)59(67,68)69/h13-30H,1-12H3. The molecule has 0 saturated carbocycles. The van der Waals surface area contributed by atoms with Crippen molar-refractivity contribution in [2.45, 2.75) is 127 Å². The highest BCUT2D eigenvalue weighted by Crippen LogP contribution is 2.54. The zero-order valence-corrected chi connectivity index (χ0v) is 51.7. The van der Waals surface area contributed by atoms with Crippen molar-refractivity contribution < 1.29 is 103 Å². The van der Waals surface area contributed by atoms with Gasteiger partial charge in [-0.2, -0.15) is 86.4 Å². The topological polar surface area (TPSA) is 173 Å². The van der Waals surface area contributed by atoms with Crippen molar-refractivity contribution in [2.24, 2.45) is 0 Å². The van der Waals surface area contributed by atoms with E-state index in [1.807, 2.05) is 0 Å². The molecule has 0 spiro atoms. The molecule has 0 aliphatic heterocycles. The first-order valence-corrected chi connectivity index (χ1v) is 31.7. The monoisotopic (exact) mass is 1320 g/mol. The lowest BCUT2D eigenvalue weighted by Crippen LogP contribution is -2.28. The fraction of sp³-hybridized carbons (Fsp3) is 0.333. The third kappa shape index (κ3) is 12.6. The van der Waals surface area contributed by atoms with Gasteiger partial charge in [-0.05, 0) is 159 Å². The third-order valence-electron chi connectivity index (χ3n) is 14.4. The molecule has 0 radical (unpaired) electrons. The van der Waals surface area contributed by atoms with Crippen molar-refractivity contribution in [1.29, 1.82) is 0 Å². The first-order valence-electron chi connectivity index (χ1n) is 26.1. The van der Waals surface area contributed by atoms with Crippen LogP contribution in [0, 0.1) is 0 Å². The number of rotatable bonds is 12. The quantitative estimate of drug-likeness (QED) is 0.0491. The normalized spacial score (nSPS) is 14.0. The molecule has 0 aromatic heterocycles. The smallest absolute Gasteiger partial charge is 0.375 e. The highest BCUT2D eigenvalue weighted by atomic mass is 32.2. The molecule has 12 nitrogen and oxygen atoms in total. The summed E-state index contributed by atoms with van der Waals surface area (Å²) in [6.07, 6.45) is 0. The Labute approximate surface area is 499 Å². The van der Waals surface area contributed by atoms with E-state index < -0.39 is 129 Å². The predicted molar refractivity (Wildman–Crippen MR) is 309 cm³/mol. The maximum atomic E-state index is 14.4. The number of hydrogen-bond donors (Lipinski definition) is 0. The van der Waals surface area contributed by atoms with Gasteiger partial charge in [0.15, 0.2) is 23.0 Å². The molecule has 0 unspecified atom stereocenters. The lowest BCUT2D eigenvalue weighted by atomic mass is 9.79. The predicted octanol–water partition coefficient (Wildman–Crippen LogP) is 17.4. The summed E-state index contributed by atoms with van der Waals surface area (Å²) in [5.74, 6) is -3.98. The Balaban J connectivity index is 1.73. The van der Waals surface area contributed by atoms with Gasteiger partial charge in [0.05, 0.1) is 0 Å². The van der Waals surface area contributed by atoms with Crippen LogP contribution in [0.3, 0.4) is 0 Å². The number of alkyl halides is 12. The van der Waals surface area contributed by atoms with Crippen molar-refractivity contribution in [3.63, 3.8) is 0 Å². The summed E-state index contributed by atoms with van der Waals surface area (Å²) < 4.78 is 296. The first kappa shape index (κ1) is 66.9. The summed E-state index contributed by atoms with van der Waals surface area (Å²) in [6.45, 7) is 20.0. The van der Waals surface area contributed by atoms with Gasteiger partial charge in [-0.3, -0.25) is 0 Å². The van der Waals surface area contributed by atoms with Gasteiger partial charge in [0.25, 0.3) is 0 Å². The van der Waals surface area contributed by atoms with Crippen molar-refractivity contribution in [2.75, 3.05) is 0 Å². The Morgan fingerprint density at radius 2 is 0.420 bits per heavy atom. The number of hydrogen-bond acceptors (Lipinski definition) is 12. The van der Waals surface area contributed by atoms with Crippen LogP contribution in [0.4, 0.5) is 52.7 Å². The van der Waals surface area contributed by atoms with E-state index in [9.17, 15) is 86.4 Å². The van der Waals surface area contributed by atoms with E-state index in [4.69, 9.17) is 16.7 Å². The summed E-state index contributed by atoms with van der Waals surface area (Å²) in [5, 5.41) is -0.768. The van der Waals surface area contributed by atoms with Crippen LogP contribution in [0.2, 0.25) is 0 Å². The molecule has 0 aliphatic carbocycles. The van der Waals surface area contributed by atoms with Crippen LogP contribution >= 0.6 is 0 Å². The minimum absolute atomic E-state index is 0.114. The fourth-order valence-electron chi connectivity index (χ4n) is 9.66. The van der Waals surface area contributed by atoms with Crippen LogP contribution in [0.25, 0.3) is 76.8 Å². The van der Waals surface area contributed by atoms with Gasteiger partial charge in [-0.25, -0.2) is 0 Å². The summed E-state index contributed by atoms with van der Waals surface area (Å²) >= 11 is 0. The maximum Gasteiger partial charge on any atom is 0.534 e. The molecule has 8 aromatic rings. The van der Waals surface area contributed by atoms with Crippen LogP contribution < -0.4 is 16.7 Å². The molecule has 0 aliphatic rings. The van der Waals surface area contributed by atoms with Gasteiger partial charge in [0, 0.05) is 22.3 Å². The molecule has 8 aromatic carbocycles. The molecule has 0 N–H and O–H groups in total. The molecule has 28 heteroatoms. The van der Waals surface area contributed by atoms with Crippen molar-refractivity contribution in [3.8, 4) is 67.5 Å². The molecule has 0 bridgehead atoms. The molecule has 0 fully saturated rings. The molecule has 88 heavy (non-hydrogen) atoms. The van der Waals surface area contributed by atoms with Gasteiger partial charge in [0.2, 0.25) is 0 Å². The Hall–Kier alpha value is -7.04. The van der Waals surface area contributed by atoms with Crippen LogP contribution in [-0.4, -0.2) is 55.7 Å². The Bertz CT molecular complexity index is 4030. The largest absolute Gasteiger partial charge is 0.534 e. The van der Waals surface area contributed by atoms with E-state index >= 15 is 0 Å². The van der Waals surface area contributed by atoms with Crippen LogP contribution in [-0.2, 0) is 62.1 Å². The summed E-state index contributed by atoms with van der Waals surface area (Å²) in [5.41, 5.74) is -29.8. The molecule has 0 amide bonds. The Kier molecular flexibility index (Phi) is 16.2. The summed E-state index contributed by atoms with van der Waals surface area (Å²) in [6, 6.07) is 21.1. The van der Waals surface area contributed by atoms with Gasteiger partial charge in [0.1, 0.15) is 0 Å². The van der Waals surface area contributed by atoms with E-state index in [-0.39, 0.29) is 54.6 Å². The Morgan fingerprint density at radius 3 is 0.568 bits per heavy atom. The van der Waals surface area contributed by atoms with Gasteiger partial charge in [-0.15, -0.1) is 0 Å². The highest BCUT2D eigenvalue weighted by Gasteiger charge is 2.52. The average Bonchev–Trinajstić information content (AvgIpc) is 0.740. The highest BCUT2D eigenvalue weighted by molar-refractivity contribution is 7.88. The van der Waals surface area contributed by atoms with Crippen molar-refractivity contribution in [1.82, 2.24) is 0 Å². The fourth-order valence-corrected chi connectivity index (χ4v) is 11.6. The molecular weight excluding hydrogens is 1270 g/mol. The zero-order chi connectivity index (χ0) is 66.3. The summed E-state index contributed by atoms with van der Waals surface area (Å²) in [7, 11) is -26.2. The lowest BCUT2D eigenvalue weighted by Gasteiger charge is -2.26. The molecule has 8 rings (SSSR count). The van der Waals surface area contributed by atoms with Crippen LogP contribution in [0.15, 0.2) is 109 Å². The van der Waals surface area contributed by atoms with E-state index in [0.29, 0.717) is 22.3 Å². The van der Waals surface area contributed by atoms with Crippen LogP contribution in [0.5, 0.6) is 23.0 Å². The van der Waals surface area contributed by atoms with E-state index in [1.54, 1.807) is 83.1 Å². The third-order valence-corrected chi connectivity index (χ3v) is 18.2. The summed E-state index contributed by atoms with van der Waals surface area (Å²) in [4.78, 5) is 0. The SMILES string of the molecule is CC(C)(C)c1ccc(OS(=O)(=O)C(F)(F)F)c(-c2cc(-c3cc(C(C)(C)C)ccc3OS(=O)(=O)C(F)(F)F)c3ccc4c(-c5cc(C(C)(C)C)ccc5OS(=O)(=O)C(F)(F)F)cc(-c5cc(C(C)(C)C)ccc5OS(=O)(=O)C(F)(F)F)c5ccc2c3c54)c1. The Morgan fingerprint density at radius 1 is 0.250 bits per heavy atom. The number of benzene rings is 8. The molecule has 0 atom stereocenters. The van der Waals surface area contributed by atoms with Crippen molar-refractivity contribution >= 4 is 72.8 Å². The molecule has 0 heterocycles. The maximum absolute atomic E-state index is 14.4. The van der Waals surface area contributed by atoms with Gasteiger partial charge in [-0.1, -0.05) is 132 Å². The van der Waals surface area contributed by atoms with Crippen molar-refractivity contribution in [3.05, 3.63) is 131 Å². The molecule has 0 saturated heterocycles. The van der Waals surface area contributed by atoms with E-state index in [0.717, 1.165) is 24.3 Å². The number of halogens is 12. The van der Waals surface area contributed by atoms with Gasteiger partial charge >= 0.3 is 62.5 Å². The second kappa shape index (κ2) is 21.3. The van der Waals surface area contributed by atoms with E-state index in [1.165, 1.54) is 84.9 Å². The first-order chi connectivity index (χ1) is 39.7. The van der Waals surface area contributed by atoms with Gasteiger partial charge < -0.3 is 16.7 Å². The molecule has 474 valence electrons. The van der Waals surface area contributed by atoms with Crippen LogP contribution in [0.1, 0.15) is 105 Å². The van der Waals surface area contributed by atoms with E-state index in [2.05, 4.69) is 0 Å². The second-order valence-corrected chi connectivity index (χ2v) is 30.9. The second-order valence-electron chi connectivity index (χ2n) is 24.8. The zero-order valence-electron chi connectivity index (χ0n) is 48.5. The minimum atomic E-state index is -6.55. The lowest BCUT2D eigenvalue weighted by molar-refractivity contribution is -0.0504. The minimum Gasteiger partial charge on any atom is -0.375 e.